The molecule has 0 amide bonds. The highest BCUT2D eigenvalue weighted by Crippen LogP contribution is 2.29. The Kier molecular flexibility index (Phi) is 3.90. The second-order valence-electron chi connectivity index (χ2n) is 3.35. The fraction of sp³-hybridized carbons (Fsp3) is 0.600. The zero-order valence-electron chi connectivity index (χ0n) is 8.12. The monoisotopic (exact) mass is 200 g/mol. The predicted molar refractivity (Wildman–Crippen MR) is 55.0 cm³/mol. The number of methoxy groups -OCH3 is 1. The third kappa shape index (κ3) is 3.10. The lowest BCUT2D eigenvalue weighted by molar-refractivity contribution is 0.0407. The van der Waals surface area contributed by atoms with E-state index in [0.717, 1.165) is 17.7 Å². The number of hydrogen-bond donors (Lipinski definition) is 1. The molecule has 0 bridgehead atoms. The Morgan fingerprint density at radius 1 is 1.62 bits per heavy atom. The van der Waals surface area contributed by atoms with Gasteiger partial charge in [0.1, 0.15) is 0 Å². The number of thiophene rings is 1. The first-order valence-electron chi connectivity index (χ1n) is 4.42. The highest BCUT2D eigenvalue weighted by atomic mass is 32.1. The van der Waals surface area contributed by atoms with Crippen LogP contribution in [0.25, 0.3) is 0 Å². The summed E-state index contributed by atoms with van der Waals surface area (Å²) in [6, 6.07) is 3.93. The SMILES string of the molecule is COCCCC(C)(O)c1cccs1. The van der Waals surface area contributed by atoms with Gasteiger partial charge < -0.3 is 9.84 Å². The van der Waals surface area contributed by atoms with Crippen molar-refractivity contribution in [3.63, 3.8) is 0 Å². The maximum Gasteiger partial charge on any atom is 0.0960 e. The molecule has 1 N–H and O–H groups in total. The van der Waals surface area contributed by atoms with Crippen molar-refractivity contribution < 1.29 is 9.84 Å². The van der Waals surface area contributed by atoms with Gasteiger partial charge in [-0.05, 0) is 31.2 Å². The summed E-state index contributed by atoms with van der Waals surface area (Å²) >= 11 is 1.60. The third-order valence-electron chi connectivity index (χ3n) is 2.06. The van der Waals surface area contributed by atoms with E-state index in [1.54, 1.807) is 18.4 Å². The van der Waals surface area contributed by atoms with Gasteiger partial charge in [0.15, 0.2) is 0 Å². The number of rotatable bonds is 5. The maximum absolute atomic E-state index is 10.1. The molecule has 1 unspecified atom stereocenters. The zero-order valence-corrected chi connectivity index (χ0v) is 8.93. The standard InChI is InChI=1S/C10H16O2S/c1-10(11,6-4-7-12-2)9-5-3-8-13-9/h3,5,8,11H,4,6-7H2,1-2H3. The van der Waals surface area contributed by atoms with Crippen molar-refractivity contribution in [3.8, 4) is 0 Å². The van der Waals surface area contributed by atoms with Gasteiger partial charge in [-0.25, -0.2) is 0 Å². The van der Waals surface area contributed by atoms with Gasteiger partial charge in [-0.15, -0.1) is 11.3 Å². The van der Waals surface area contributed by atoms with E-state index in [0.29, 0.717) is 6.61 Å². The van der Waals surface area contributed by atoms with E-state index in [1.165, 1.54) is 0 Å². The molecule has 2 nitrogen and oxygen atoms in total. The lowest BCUT2D eigenvalue weighted by Gasteiger charge is -2.21. The molecule has 1 aromatic rings. The van der Waals surface area contributed by atoms with Crippen LogP contribution in [0.1, 0.15) is 24.6 Å². The molecule has 0 saturated heterocycles. The van der Waals surface area contributed by atoms with Crippen LogP contribution in [0.5, 0.6) is 0 Å². The molecule has 0 aliphatic heterocycles. The Labute approximate surface area is 83.2 Å². The lowest BCUT2D eigenvalue weighted by atomic mass is 9.99. The minimum absolute atomic E-state index is 0.688. The molecule has 0 spiro atoms. The van der Waals surface area contributed by atoms with E-state index >= 15 is 0 Å². The summed E-state index contributed by atoms with van der Waals surface area (Å²) < 4.78 is 4.95. The smallest absolute Gasteiger partial charge is 0.0960 e. The Bertz CT molecular complexity index is 229. The van der Waals surface area contributed by atoms with Crippen molar-refractivity contribution in [3.05, 3.63) is 22.4 Å². The van der Waals surface area contributed by atoms with Gasteiger partial charge in [0.2, 0.25) is 0 Å². The van der Waals surface area contributed by atoms with Crippen LogP contribution in [0, 0.1) is 0 Å². The summed E-state index contributed by atoms with van der Waals surface area (Å²) in [7, 11) is 1.68. The van der Waals surface area contributed by atoms with Crippen LogP contribution in [-0.2, 0) is 10.3 Å². The second kappa shape index (κ2) is 4.74. The van der Waals surface area contributed by atoms with Gasteiger partial charge in [-0.2, -0.15) is 0 Å². The van der Waals surface area contributed by atoms with Crippen molar-refractivity contribution in [1.82, 2.24) is 0 Å². The van der Waals surface area contributed by atoms with Gasteiger partial charge in [0, 0.05) is 18.6 Å². The van der Waals surface area contributed by atoms with Crippen molar-refractivity contribution in [2.24, 2.45) is 0 Å². The molecule has 0 aliphatic rings. The number of aliphatic hydroxyl groups is 1. The molecule has 0 radical (unpaired) electrons. The molecule has 0 fully saturated rings. The molecule has 1 atom stereocenters. The van der Waals surface area contributed by atoms with Crippen LogP contribution in [0.4, 0.5) is 0 Å². The molecule has 0 aromatic carbocycles. The van der Waals surface area contributed by atoms with Crippen LogP contribution in [-0.4, -0.2) is 18.8 Å². The summed E-state index contributed by atoms with van der Waals surface area (Å²) in [4.78, 5) is 1.03. The molecular formula is C10H16O2S. The molecule has 1 rings (SSSR count). The van der Waals surface area contributed by atoms with Crippen molar-refractivity contribution in [2.45, 2.75) is 25.4 Å². The van der Waals surface area contributed by atoms with Crippen molar-refractivity contribution in [2.75, 3.05) is 13.7 Å². The summed E-state index contributed by atoms with van der Waals surface area (Å²) in [5.41, 5.74) is -0.688. The van der Waals surface area contributed by atoms with Gasteiger partial charge in [0.25, 0.3) is 0 Å². The highest BCUT2D eigenvalue weighted by molar-refractivity contribution is 7.10. The van der Waals surface area contributed by atoms with Crippen LogP contribution in [0.3, 0.4) is 0 Å². The molecule has 13 heavy (non-hydrogen) atoms. The first-order chi connectivity index (χ1) is 6.17. The number of ether oxygens (including phenoxy) is 1. The Morgan fingerprint density at radius 3 is 2.92 bits per heavy atom. The largest absolute Gasteiger partial charge is 0.385 e. The normalized spacial score (nSPS) is 15.6. The van der Waals surface area contributed by atoms with Crippen LogP contribution in [0.15, 0.2) is 17.5 Å². The maximum atomic E-state index is 10.1. The summed E-state index contributed by atoms with van der Waals surface area (Å²) in [5.74, 6) is 0. The minimum Gasteiger partial charge on any atom is -0.385 e. The lowest BCUT2D eigenvalue weighted by Crippen LogP contribution is -2.19. The van der Waals surface area contributed by atoms with E-state index in [1.807, 2.05) is 24.4 Å². The van der Waals surface area contributed by atoms with Gasteiger partial charge in [-0.3, -0.25) is 0 Å². The van der Waals surface area contributed by atoms with E-state index in [2.05, 4.69) is 0 Å². The molecular weight excluding hydrogens is 184 g/mol. The fourth-order valence-corrected chi connectivity index (χ4v) is 2.09. The Balaban J connectivity index is 2.46. The van der Waals surface area contributed by atoms with Gasteiger partial charge >= 0.3 is 0 Å². The predicted octanol–water partition coefficient (Wildman–Crippen LogP) is 2.38. The average Bonchev–Trinajstić information content (AvgIpc) is 2.56. The van der Waals surface area contributed by atoms with E-state index in [4.69, 9.17) is 4.74 Å². The van der Waals surface area contributed by atoms with E-state index in [-0.39, 0.29) is 0 Å². The van der Waals surface area contributed by atoms with E-state index in [9.17, 15) is 5.11 Å². The molecule has 74 valence electrons. The summed E-state index contributed by atoms with van der Waals surface area (Å²) in [6.45, 7) is 2.57. The van der Waals surface area contributed by atoms with Crippen molar-refractivity contribution >= 4 is 11.3 Å². The van der Waals surface area contributed by atoms with Crippen LogP contribution >= 0.6 is 11.3 Å². The molecule has 0 aliphatic carbocycles. The Hall–Kier alpha value is -0.380. The van der Waals surface area contributed by atoms with Gasteiger partial charge in [0.05, 0.1) is 5.60 Å². The summed E-state index contributed by atoms with van der Waals surface area (Å²) in [5, 5.41) is 12.0. The van der Waals surface area contributed by atoms with Crippen LogP contribution in [0.2, 0.25) is 0 Å². The van der Waals surface area contributed by atoms with Crippen molar-refractivity contribution in [1.29, 1.82) is 0 Å². The third-order valence-corrected chi connectivity index (χ3v) is 3.19. The number of hydrogen-bond acceptors (Lipinski definition) is 3. The van der Waals surface area contributed by atoms with E-state index < -0.39 is 5.60 Å². The summed E-state index contributed by atoms with van der Waals surface area (Å²) in [6.07, 6.45) is 1.64. The second-order valence-corrected chi connectivity index (χ2v) is 4.30. The highest BCUT2D eigenvalue weighted by Gasteiger charge is 2.23. The first kappa shape index (κ1) is 10.7. The first-order valence-corrected chi connectivity index (χ1v) is 5.30. The zero-order chi connectivity index (χ0) is 9.73. The van der Waals surface area contributed by atoms with Crippen LogP contribution < -0.4 is 0 Å². The molecule has 0 saturated carbocycles. The van der Waals surface area contributed by atoms with Gasteiger partial charge in [-0.1, -0.05) is 6.07 Å². The minimum atomic E-state index is -0.688. The fourth-order valence-electron chi connectivity index (χ4n) is 1.27. The molecule has 1 aromatic heterocycles. The molecule has 3 heteroatoms. The average molecular weight is 200 g/mol. The quantitative estimate of drug-likeness (QED) is 0.739. The topological polar surface area (TPSA) is 29.5 Å². The molecule has 1 heterocycles. The Morgan fingerprint density at radius 2 is 2.38 bits per heavy atom.